The third kappa shape index (κ3) is 7.43. The van der Waals surface area contributed by atoms with Gasteiger partial charge in [-0.3, -0.25) is 9.59 Å². The Balaban J connectivity index is 1.78. The minimum absolute atomic E-state index is 0.0931. The Labute approximate surface area is 252 Å². The summed E-state index contributed by atoms with van der Waals surface area (Å²) in [4.78, 5) is 30.1. The second-order valence-corrected chi connectivity index (χ2v) is 10.9. The van der Waals surface area contributed by atoms with Gasteiger partial charge in [-0.2, -0.15) is 0 Å². The van der Waals surface area contributed by atoms with Crippen LogP contribution in [-0.4, -0.2) is 64.6 Å². The molecule has 1 heterocycles. The van der Waals surface area contributed by atoms with E-state index in [1.165, 1.54) is 0 Å². The van der Waals surface area contributed by atoms with E-state index in [9.17, 15) is 9.59 Å². The minimum Gasteiger partial charge on any atom is -0.494 e. The molecule has 1 N–H and O–H groups in total. The van der Waals surface area contributed by atoms with Crippen molar-refractivity contribution >= 4 is 22.8 Å². The van der Waals surface area contributed by atoms with Crippen molar-refractivity contribution in [3.63, 3.8) is 0 Å². The molecule has 2 amide bonds. The van der Waals surface area contributed by atoms with E-state index in [2.05, 4.69) is 15.6 Å². The number of para-hydroxylation sites is 2. The van der Waals surface area contributed by atoms with Gasteiger partial charge in [0.2, 0.25) is 11.8 Å². The van der Waals surface area contributed by atoms with Gasteiger partial charge in [-0.15, -0.1) is 5.10 Å². The number of rotatable bonds is 14. The van der Waals surface area contributed by atoms with Crippen LogP contribution in [0.25, 0.3) is 11.0 Å². The summed E-state index contributed by atoms with van der Waals surface area (Å²) in [7, 11) is 3.17. The van der Waals surface area contributed by atoms with Gasteiger partial charge in [-0.1, -0.05) is 48.5 Å². The highest BCUT2D eigenvalue weighted by atomic mass is 16.5. The van der Waals surface area contributed by atoms with E-state index in [1.807, 2.05) is 94.4 Å². The van der Waals surface area contributed by atoms with Crippen molar-refractivity contribution in [2.24, 2.45) is 0 Å². The number of carbonyl (C=O) groups is 2. The maximum Gasteiger partial charge on any atom is 0.248 e. The molecule has 3 aromatic carbocycles. The lowest BCUT2D eigenvalue weighted by atomic mass is 9.97. The molecule has 43 heavy (non-hydrogen) atoms. The van der Waals surface area contributed by atoms with Gasteiger partial charge in [-0.25, -0.2) is 4.68 Å². The molecule has 4 rings (SSSR count). The van der Waals surface area contributed by atoms with Crippen molar-refractivity contribution in [2.75, 3.05) is 27.4 Å². The fourth-order valence-corrected chi connectivity index (χ4v) is 4.87. The molecule has 0 saturated carbocycles. The highest BCUT2D eigenvalue weighted by molar-refractivity contribution is 5.90. The van der Waals surface area contributed by atoms with E-state index in [0.717, 1.165) is 11.1 Å². The molecule has 10 nitrogen and oxygen atoms in total. The van der Waals surface area contributed by atoms with Gasteiger partial charge in [0.05, 0.1) is 26.3 Å². The summed E-state index contributed by atoms with van der Waals surface area (Å²) in [6, 6.07) is 19.5. The number of amides is 2. The molecule has 0 spiro atoms. The molecule has 0 fully saturated rings. The van der Waals surface area contributed by atoms with Crippen LogP contribution in [0.1, 0.15) is 51.3 Å². The largest absolute Gasteiger partial charge is 0.494 e. The molecule has 0 radical (unpaired) electrons. The lowest BCUT2D eigenvalue weighted by molar-refractivity contribution is -0.142. The van der Waals surface area contributed by atoms with Crippen molar-refractivity contribution in [3.8, 4) is 17.2 Å². The predicted octanol–water partition coefficient (Wildman–Crippen LogP) is 4.96. The van der Waals surface area contributed by atoms with Gasteiger partial charge < -0.3 is 24.4 Å². The van der Waals surface area contributed by atoms with Crippen LogP contribution in [0.15, 0.2) is 66.7 Å². The third-order valence-corrected chi connectivity index (χ3v) is 7.53. The molecular formula is C33H41N5O5. The van der Waals surface area contributed by atoms with Gasteiger partial charge in [-0.05, 0) is 69.5 Å². The average Bonchev–Trinajstić information content (AvgIpc) is 3.41. The van der Waals surface area contributed by atoms with Crippen LogP contribution in [0, 0.1) is 0 Å². The highest BCUT2D eigenvalue weighted by Gasteiger charge is 2.36. The van der Waals surface area contributed by atoms with Crippen LogP contribution < -0.4 is 19.5 Å². The van der Waals surface area contributed by atoms with Crippen molar-refractivity contribution in [1.82, 2.24) is 25.2 Å². The van der Waals surface area contributed by atoms with Crippen LogP contribution in [0.5, 0.6) is 17.2 Å². The first-order valence-electron chi connectivity index (χ1n) is 14.5. The van der Waals surface area contributed by atoms with Gasteiger partial charge in [0, 0.05) is 17.6 Å². The van der Waals surface area contributed by atoms with E-state index in [-0.39, 0.29) is 24.9 Å². The zero-order chi connectivity index (χ0) is 31.0. The topological polar surface area (TPSA) is 108 Å². The zero-order valence-electron chi connectivity index (χ0n) is 25.8. The standard InChI is InChI=1S/C33H41N5O5/c1-7-33(3,4)34-32(40)31(24-13-9-12-16-27(24)43-8-2)37(20-19-23-17-18-28(41-5)29(21-23)42-6)30(39)22-38-26-15-11-10-14-25(26)35-36-38/h9-18,21,31H,7-8,19-20,22H2,1-6H3,(H,34,40). The number of aromatic nitrogens is 3. The molecule has 0 aliphatic rings. The Morgan fingerprint density at radius 1 is 0.953 bits per heavy atom. The second-order valence-electron chi connectivity index (χ2n) is 10.9. The lowest BCUT2D eigenvalue weighted by Crippen LogP contribution is -2.51. The summed E-state index contributed by atoms with van der Waals surface area (Å²) in [5, 5.41) is 11.6. The quantitative estimate of drug-likeness (QED) is 0.222. The number of hydrogen-bond donors (Lipinski definition) is 1. The fourth-order valence-electron chi connectivity index (χ4n) is 4.87. The molecule has 4 aromatic rings. The van der Waals surface area contributed by atoms with E-state index < -0.39 is 11.6 Å². The first kappa shape index (κ1) is 31.3. The van der Waals surface area contributed by atoms with Crippen molar-refractivity contribution < 1.29 is 23.8 Å². The summed E-state index contributed by atoms with van der Waals surface area (Å²) in [6.45, 7) is 8.40. The number of hydrogen-bond acceptors (Lipinski definition) is 7. The predicted molar refractivity (Wildman–Crippen MR) is 165 cm³/mol. The summed E-state index contributed by atoms with van der Waals surface area (Å²) >= 11 is 0. The number of benzene rings is 3. The minimum atomic E-state index is -0.962. The Morgan fingerprint density at radius 2 is 1.67 bits per heavy atom. The van der Waals surface area contributed by atoms with Crippen LogP contribution in [-0.2, 0) is 22.6 Å². The van der Waals surface area contributed by atoms with Crippen LogP contribution in [0.3, 0.4) is 0 Å². The fraction of sp³-hybridized carbons (Fsp3) is 0.394. The molecular weight excluding hydrogens is 546 g/mol. The number of ether oxygens (including phenoxy) is 3. The maximum absolute atomic E-state index is 14.3. The number of carbonyl (C=O) groups excluding carboxylic acids is 2. The van der Waals surface area contributed by atoms with Crippen LogP contribution >= 0.6 is 0 Å². The third-order valence-electron chi connectivity index (χ3n) is 7.53. The molecule has 1 unspecified atom stereocenters. The van der Waals surface area contributed by atoms with Crippen molar-refractivity contribution in [1.29, 1.82) is 0 Å². The molecule has 0 bridgehead atoms. The average molecular weight is 588 g/mol. The Bertz CT molecular complexity index is 1550. The van der Waals surface area contributed by atoms with E-state index in [4.69, 9.17) is 14.2 Å². The summed E-state index contributed by atoms with van der Waals surface area (Å²) in [5.41, 5.74) is 2.47. The number of methoxy groups -OCH3 is 2. The summed E-state index contributed by atoms with van der Waals surface area (Å²) < 4.78 is 18.4. The second kappa shape index (κ2) is 14.0. The first-order valence-corrected chi connectivity index (χ1v) is 14.5. The Morgan fingerprint density at radius 3 is 2.40 bits per heavy atom. The van der Waals surface area contributed by atoms with Gasteiger partial charge in [0.25, 0.3) is 0 Å². The van der Waals surface area contributed by atoms with Gasteiger partial charge in [0.1, 0.15) is 23.9 Å². The Hall–Kier alpha value is -4.60. The molecule has 0 aliphatic carbocycles. The molecule has 0 saturated heterocycles. The van der Waals surface area contributed by atoms with E-state index in [0.29, 0.717) is 47.8 Å². The number of fused-ring (bicyclic) bond motifs is 1. The zero-order valence-corrected chi connectivity index (χ0v) is 25.8. The summed E-state index contributed by atoms with van der Waals surface area (Å²) in [5.74, 6) is 1.18. The molecule has 228 valence electrons. The monoisotopic (exact) mass is 587 g/mol. The SMILES string of the molecule is CCOc1ccccc1C(C(=O)NC(C)(C)CC)N(CCc1ccc(OC)c(OC)c1)C(=O)Cn1nnc2ccccc21. The van der Waals surface area contributed by atoms with Gasteiger partial charge in [0.15, 0.2) is 11.5 Å². The molecule has 0 aliphatic heterocycles. The van der Waals surface area contributed by atoms with Crippen molar-refractivity contribution in [2.45, 2.75) is 58.7 Å². The van der Waals surface area contributed by atoms with E-state index in [1.54, 1.807) is 23.8 Å². The molecule has 1 atom stereocenters. The Kier molecular flexibility index (Phi) is 10.2. The van der Waals surface area contributed by atoms with Crippen molar-refractivity contribution in [3.05, 3.63) is 77.9 Å². The molecule has 10 heteroatoms. The normalized spacial score (nSPS) is 12.0. The van der Waals surface area contributed by atoms with Crippen LogP contribution in [0.2, 0.25) is 0 Å². The smallest absolute Gasteiger partial charge is 0.248 e. The highest BCUT2D eigenvalue weighted by Crippen LogP contribution is 2.33. The van der Waals surface area contributed by atoms with E-state index >= 15 is 0 Å². The van der Waals surface area contributed by atoms with Crippen LogP contribution in [0.4, 0.5) is 0 Å². The lowest BCUT2D eigenvalue weighted by Gasteiger charge is -2.35. The van der Waals surface area contributed by atoms with Gasteiger partial charge >= 0.3 is 0 Å². The number of nitrogens with zero attached hydrogens (tertiary/aromatic N) is 4. The molecule has 1 aromatic heterocycles. The number of nitrogens with one attached hydrogen (secondary N) is 1. The maximum atomic E-state index is 14.3. The first-order chi connectivity index (χ1) is 20.7. The summed E-state index contributed by atoms with van der Waals surface area (Å²) in [6.07, 6.45) is 1.17.